The van der Waals surface area contributed by atoms with Crippen LogP contribution in [-0.2, 0) is 9.53 Å². The van der Waals surface area contributed by atoms with Crippen molar-refractivity contribution in [3.8, 4) is 0 Å². The van der Waals surface area contributed by atoms with Crippen LogP contribution in [0.1, 0.15) is 24.9 Å². The highest BCUT2D eigenvalue weighted by Crippen LogP contribution is 2.19. The largest absolute Gasteiger partial charge is 0.466 e. The van der Waals surface area contributed by atoms with Crippen LogP contribution < -0.4 is 5.73 Å². The summed E-state index contributed by atoms with van der Waals surface area (Å²) in [6, 6.07) is 3.28. The minimum absolute atomic E-state index is 0.152. The molecule has 2 aromatic heterocycles. The zero-order valence-corrected chi connectivity index (χ0v) is 9.55. The van der Waals surface area contributed by atoms with Gasteiger partial charge in [-0.2, -0.15) is 0 Å². The van der Waals surface area contributed by atoms with Gasteiger partial charge in [-0.05, 0) is 24.6 Å². The highest BCUT2D eigenvalue weighted by Gasteiger charge is 2.13. The number of aromatic nitrogens is 1. The molecule has 0 aliphatic heterocycles. The summed E-state index contributed by atoms with van der Waals surface area (Å²) in [4.78, 5) is 15.4. The van der Waals surface area contributed by atoms with Crippen molar-refractivity contribution in [3.05, 3.63) is 30.2 Å². The average Bonchev–Trinajstić information content (AvgIpc) is 2.75. The summed E-state index contributed by atoms with van der Waals surface area (Å²) in [7, 11) is 0. The predicted molar refractivity (Wildman–Crippen MR) is 62.2 cm³/mol. The van der Waals surface area contributed by atoms with E-state index in [0.717, 1.165) is 10.9 Å². The van der Waals surface area contributed by atoms with Crippen molar-refractivity contribution in [1.82, 2.24) is 4.98 Å². The lowest BCUT2D eigenvalue weighted by atomic mass is 10.1. The van der Waals surface area contributed by atoms with Crippen molar-refractivity contribution < 1.29 is 13.9 Å². The fourth-order valence-electron chi connectivity index (χ4n) is 1.60. The van der Waals surface area contributed by atoms with Gasteiger partial charge in [0.1, 0.15) is 0 Å². The molecule has 5 heteroatoms. The minimum atomic E-state index is -0.402. The van der Waals surface area contributed by atoms with E-state index in [2.05, 4.69) is 4.98 Å². The van der Waals surface area contributed by atoms with E-state index in [1.165, 1.54) is 0 Å². The molecule has 1 atom stereocenters. The van der Waals surface area contributed by atoms with Crippen LogP contribution in [0.4, 0.5) is 0 Å². The standard InChI is InChI=1S/C12H14N2O3/c1-2-16-11(15)6-10(13)9-5-8-3-4-17-12(8)14-7-9/h3-5,7,10H,2,6,13H2,1H3. The SMILES string of the molecule is CCOC(=O)CC(N)c1cnc2occc2c1. The molecule has 5 nitrogen and oxygen atoms in total. The van der Waals surface area contributed by atoms with Crippen molar-refractivity contribution in [3.63, 3.8) is 0 Å². The van der Waals surface area contributed by atoms with Crippen LogP contribution in [0.15, 0.2) is 29.0 Å². The highest BCUT2D eigenvalue weighted by molar-refractivity contribution is 5.74. The quantitative estimate of drug-likeness (QED) is 0.816. The predicted octanol–water partition coefficient (Wildman–Crippen LogP) is 1.78. The summed E-state index contributed by atoms with van der Waals surface area (Å²) in [6.07, 6.45) is 3.34. The smallest absolute Gasteiger partial charge is 0.307 e. The first-order valence-electron chi connectivity index (χ1n) is 5.45. The maximum absolute atomic E-state index is 11.3. The number of rotatable bonds is 4. The molecule has 0 fully saturated rings. The Kier molecular flexibility index (Phi) is 3.39. The Morgan fingerprint density at radius 2 is 2.47 bits per heavy atom. The summed E-state index contributed by atoms with van der Waals surface area (Å²) in [5.74, 6) is -0.299. The lowest BCUT2D eigenvalue weighted by molar-refractivity contribution is -0.143. The van der Waals surface area contributed by atoms with Gasteiger partial charge in [0.25, 0.3) is 0 Å². The molecular weight excluding hydrogens is 220 g/mol. The van der Waals surface area contributed by atoms with Gasteiger partial charge < -0.3 is 14.9 Å². The number of carbonyl (C=O) groups excluding carboxylic acids is 1. The molecule has 2 aromatic rings. The Labute approximate surface area is 98.6 Å². The monoisotopic (exact) mass is 234 g/mol. The van der Waals surface area contributed by atoms with E-state index < -0.39 is 6.04 Å². The molecule has 2 heterocycles. The number of nitrogens with two attached hydrogens (primary N) is 1. The Bertz CT molecular complexity index is 521. The second-order valence-electron chi connectivity index (χ2n) is 3.70. The van der Waals surface area contributed by atoms with Crippen molar-refractivity contribution in [1.29, 1.82) is 0 Å². The molecule has 0 aromatic carbocycles. The summed E-state index contributed by atoms with van der Waals surface area (Å²) < 4.78 is 9.98. The maximum atomic E-state index is 11.3. The average molecular weight is 234 g/mol. The van der Waals surface area contributed by atoms with E-state index in [1.54, 1.807) is 19.4 Å². The summed E-state index contributed by atoms with van der Waals surface area (Å²) in [5, 5.41) is 0.877. The fraction of sp³-hybridized carbons (Fsp3) is 0.333. The molecule has 2 N–H and O–H groups in total. The van der Waals surface area contributed by atoms with Gasteiger partial charge in [0, 0.05) is 17.6 Å². The zero-order valence-electron chi connectivity index (χ0n) is 9.55. The third kappa shape index (κ3) is 2.62. The van der Waals surface area contributed by atoms with Crippen LogP contribution in [-0.4, -0.2) is 17.6 Å². The molecule has 0 saturated heterocycles. The van der Waals surface area contributed by atoms with Gasteiger partial charge in [0.15, 0.2) is 0 Å². The topological polar surface area (TPSA) is 78.4 Å². The van der Waals surface area contributed by atoms with E-state index in [4.69, 9.17) is 14.9 Å². The second-order valence-corrected chi connectivity index (χ2v) is 3.70. The first kappa shape index (κ1) is 11.6. The molecule has 17 heavy (non-hydrogen) atoms. The number of ether oxygens (including phenoxy) is 1. The Hall–Kier alpha value is -1.88. The van der Waals surface area contributed by atoms with Crippen LogP contribution in [0.3, 0.4) is 0 Å². The molecular formula is C12H14N2O3. The fourth-order valence-corrected chi connectivity index (χ4v) is 1.60. The van der Waals surface area contributed by atoms with E-state index in [1.807, 2.05) is 12.1 Å². The number of hydrogen-bond donors (Lipinski definition) is 1. The molecule has 2 rings (SSSR count). The van der Waals surface area contributed by atoms with Crippen LogP contribution in [0, 0.1) is 0 Å². The normalized spacial score (nSPS) is 12.6. The van der Waals surface area contributed by atoms with Crippen LogP contribution in [0.25, 0.3) is 11.1 Å². The van der Waals surface area contributed by atoms with Crippen molar-refractivity contribution >= 4 is 17.1 Å². The second kappa shape index (κ2) is 4.97. The molecule has 0 spiro atoms. The third-order valence-electron chi connectivity index (χ3n) is 2.45. The van der Waals surface area contributed by atoms with E-state index >= 15 is 0 Å². The van der Waals surface area contributed by atoms with E-state index in [-0.39, 0.29) is 12.4 Å². The van der Waals surface area contributed by atoms with Crippen molar-refractivity contribution in [2.24, 2.45) is 5.73 Å². The lowest BCUT2D eigenvalue weighted by Crippen LogP contribution is -2.17. The number of hydrogen-bond acceptors (Lipinski definition) is 5. The first-order chi connectivity index (χ1) is 8.20. The minimum Gasteiger partial charge on any atom is -0.466 e. The van der Waals surface area contributed by atoms with Gasteiger partial charge in [0.05, 0.1) is 19.3 Å². The van der Waals surface area contributed by atoms with Gasteiger partial charge >= 0.3 is 5.97 Å². The number of fused-ring (bicyclic) bond motifs is 1. The molecule has 0 amide bonds. The number of furan rings is 1. The van der Waals surface area contributed by atoms with Gasteiger partial charge in [-0.1, -0.05) is 0 Å². The number of carbonyl (C=O) groups is 1. The van der Waals surface area contributed by atoms with Crippen LogP contribution in [0.5, 0.6) is 0 Å². The third-order valence-corrected chi connectivity index (χ3v) is 2.45. The Balaban J connectivity index is 2.12. The Morgan fingerprint density at radius 1 is 1.65 bits per heavy atom. The molecule has 0 saturated carbocycles. The molecule has 0 bridgehead atoms. The maximum Gasteiger partial charge on any atom is 0.307 e. The molecule has 1 unspecified atom stereocenters. The summed E-state index contributed by atoms with van der Waals surface area (Å²) in [5.41, 5.74) is 7.28. The first-order valence-corrected chi connectivity index (χ1v) is 5.45. The van der Waals surface area contributed by atoms with Crippen LogP contribution >= 0.6 is 0 Å². The summed E-state index contributed by atoms with van der Waals surface area (Å²) in [6.45, 7) is 2.13. The molecule has 90 valence electrons. The number of pyridine rings is 1. The van der Waals surface area contributed by atoms with Crippen molar-refractivity contribution in [2.75, 3.05) is 6.61 Å². The van der Waals surface area contributed by atoms with Gasteiger partial charge in [-0.15, -0.1) is 0 Å². The summed E-state index contributed by atoms with van der Waals surface area (Å²) >= 11 is 0. The van der Waals surface area contributed by atoms with Crippen molar-refractivity contribution in [2.45, 2.75) is 19.4 Å². The lowest BCUT2D eigenvalue weighted by Gasteiger charge is -2.10. The molecule has 0 aliphatic carbocycles. The highest BCUT2D eigenvalue weighted by atomic mass is 16.5. The number of esters is 1. The van der Waals surface area contributed by atoms with E-state index in [0.29, 0.717) is 12.3 Å². The Morgan fingerprint density at radius 3 is 3.24 bits per heavy atom. The number of nitrogens with zero attached hydrogens (tertiary/aromatic N) is 1. The van der Waals surface area contributed by atoms with Gasteiger partial charge in [0.2, 0.25) is 5.71 Å². The van der Waals surface area contributed by atoms with E-state index in [9.17, 15) is 4.79 Å². The molecule has 0 aliphatic rings. The molecule has 0 radical (unpaired) electrons. The van der Waals surface area contributed by atoms with Gasteiger partial charge in [-0.3, -0.25) is 4.79 Å². The zero-order chi connectivity index (χ0) is 12.3. The van der Waals surface area contributed by atoms with Gasteiger partial charge in [-0.25, -0.2) is 4.98 Å². The van der Waals surface area contributed by atoms with Crippen LogP contribution in [0.2, 0.25) is 0 Å².